The second-order valence-corrected chi connectivity index (χ2v) is 6.29. The fourth-order valence-corrected chi connectivity index (χ4v) is 3.40. The number of nitrogens with zero attached hydrogens (tertiary/aromatic N) is 3. The summed E-state index contributed by atoms with van der Waals surface area (Å²) in [5.74, 6) is 0.849. The smallest absolute Gasteiger partial charge is 0.191 e. The summed E-state index contributed by atoms with van der Waals surface area (Å²) in [6.45, 7) is 10.2. The van der Waals surface area contributed by atoms with Crippen LogP contribution in [0.25, 0.3) is 0 Å². The lowest BCUT2D eigenvalue weighted by Gasteiger charge is -2.12. The van der Waals surface area contributed by atoms with Gasteiger partial charge in [0, 0.05) is 44.6 Å². The molecule has 1 aromatic heterocycles. The molecule has 1 aliphatic heterocycles. The zero-order chi connectivity index (χ0) is 16.3. The molecule has 1 aromatic rings. The van der Waals surface area contributed by atoms with Gasteiger partial charge in [0.05, 0.1) is 18.8 Å². The Balaban J connectivity index is 1.73. The van der Waals surface area contributed by atoms with E-state index in [1.54, 1.807) is 11.3 Å². The fraction of sp³-hybridized carbons (Fsp3) is 0.750. The molecule has 0 saturated carbocycles. The summed E-state index contributed by atoms with van der Waals surface area (Å²) in [6, 6.07) is 0. The molecule has 0 radical (unpaired) electrons. The average molecular weight is 340 g/mol. The number of ether oxygens (including phenoxy) is 1. The first kappa shape index (κ1) is 18.0. The van der Waals surface area contributed by atoms with Crippen LogP contribution in [0.3, 0.4) is 0 Å². The summed E-state index contributed by atoms with van der Waals surface area (Å²) in [7, 11) is 0. The van der Waals surface area contributed by atoms with Crippen molar-refractivity contribution >= 4 is 22.4 Å². The summed E-state index contributed by atoms with van der Waals surface area (Å²) in [5, 5.41) is 9.96. The van der Waals surface area contributed by atoms with Gasteiger partial charge in [-0.1, -0.05) is 0 Å². The van der Waals surface area contributed by atoms with E-state index in [4.69, 9.17) is 9.72 Å². The Morgan fingerprint density at radius 1 is 1.35 bits per heavy atom. The number of rotatable bonds is 9. The third-order valence-corrected chi connectivity index (χ3v) is 4.59. The monoisotopic (exact) mass is 339 g/mol. The highest BCUT2D eigenvalue weighted by molar-refractivity contribution is 7.13. The second-order valence-electron chi connectivity index (χ2n) is 5.45. The molecule has 6 nitrogen and oxygen atoms in total. The molecule has 1 fully saturated rings. The molecule has 2 N–H and O–H groups in total. The third-order valence-electron chi connectivity index (χ3n) is 3.64. The maximum Gasteiger partial charge on any atom is 0.191 e. The predicted octanol–water partition coefficient (Wildman–Crippen LogP) is 1.88. The van der Waals surface area contributed by atoms with Crippen LogP contribution >= 0.6 is 11.3 Å². The van der Waals surface area contributed by atoms with Crippen LogP contribution in [0, 0.1) is 0 Å². The first-order chi connectivity index (χ1) is 11.3. The fourth-order valence-electron chi connectivity index (χ4n) is 2.48. The molecule has 7 heteroatoms. The van der Waals surface area contributed by atoms with Crippen molar-refractivity contribution in [3.05, 3.63) is 11.1 Å². The van der Waals surface area contributed by atoms with Gasteiger partial charge in [0.15, 0.2) is 11.1 Å². The van der Waals surface area contributed by atoms with Crippen LogP contribution in [-0.4, -0.2) is 56.9 Å². The number of thiazole rings is 1. The van der Waals surface area contributed by atoms with Gasteiger partial charge in [-0.25, -0.2) is 4.98 Å². The zero-order valence-corrected chi connectivity index (χ0v) is 15.1. The van der Waals surface area contributed by atoms with E-state index in [1.165, 1.54) is 18.0 Å². The van der Waals surface area contributed by atoms with E-state index in [2.05, 4.69) is 32.8 Å². The van der Waals surface area contributed by atoms with E-state index in [-0.39, 0.29) is 0 Å². The molecule has 2 heterocycles. The van der Waals surface area contributed by atoms with Crippen molar-refractivity contribution in [1.82, 2.24) is 15.6 Å². The van der Waals surface area contributed by atoms with Crippen LogP contribution in [-0.2, 0) is 11.2 Å². The SMILES string of the molecule is CCNC(=NCCOCC)NCCc1csc(N2CCCC2)n1. The molecule has 0 amide bonds. The molecular weight excluding hydrogens is 310 g/mol. The Morgan fingerprint density at radius 3 is 2.91 bits per heavy atom. The van der Waals surface area contributed by atoms with Crippen molar-refractivity contribution in [2.75, 3.05) is 50.8 Å². The molecule has 1 aliphatic rings. The maximum absolute atomic E-state index is 5.31. The molecule has 0 aromatic carbocycles. The molecular formula is C16H29N5OS. The normalized spacial score (nSPS) is 15.2. The summed E-state index contributed by atoms with van der Waals surface area (Å²) in [6.07, 6.45) is 3.50. The van der Waals surface area contributed by atoms with Crippen molar-refractivity contribution in [1.29, 1.82) is 0 Å². The van der Waals surface area contributed by atoms with E-state index in [0.29, 0.717) is 13.2 Å². The van der Waals surface area contributed by atoms with Crippen molar-refractivity contribution < 1.29 is 4.74 Å². The number of nitrogens with one attached hydrogen (secondary N) is 2. The molecule has 0 atom stereocenters. The van der Waals surface area contributed by atoms with Crippen LogP contribution in [0.15, 0.2) is 10.4 Å². The molecule has 130 valence electrons. The Hall–Kier alpha value is -1.34. The van der Waals surface area contributed by atoms with Crippen LogP contribution in [0.4, 0.5) is 5.13 Å². The van der Waals surface area contributed by atoms with Gasteiger partial charge in [0.1, 0.15) is 0 Å². The van der Waals surface area contributed by atoms with Gasteiger partial charge < -0.3 is 20.3 Å². The van der Waals surface area contributed by atoms with Gasteiger partial charge in [0.25, 0.3) is 0 Å². The van der Waals surface area contributed by atoms with Crippen LogP contribution in [0.1, 0.15) is 32.4 Å². The molecule has 2 rings (SSSR count). The first-order valence-corrected chi connectivity index (χ1v) is 9.50. The lowest BCUT2D eigenvalue weighted by atomic mass is 10.3. The Bertz CT molecular complexity index is 471. The van der Waals surface area contributed by atoms with E-state index in [1.807, 2.05) is 6.92 Å². The number of aromatic nitrogens is 1. The van der Waals surface area contributed by atoms with E-state index in [9.17, 15) is 0 Å². The van der Waals surface area contributed by atoms with E-state index in [0.717, 1.165) is 50.9 Å². The first-order valence-electron chi connectivity index (χ1n) is 8.62. The number of hydrogen-bond donors (Lipinski definition) is 2. The minimum Gasteiger partial charge on any atom is -0.380 e. The average Bonchev–Trinajstić information content (AvgIpc) is 3.22. The van der Waals surface area contributed by atoms with Gasteiger partial charge in [-0.2, -0.15) is 0 Å². The standard InChI is InChI=1S/C16H29N5OS/c1-3-17-15(19-9-12-22-4-2)18-8-7-14-13-23-16(20-14)21-10-5-6-11-21/h13H,3-12H2,1-2H3,(H2,17,18,19). The molecule has 0 unspecified atom stereocenters. The summed E-state index contributed by atoms with van der Waals surface area (Å²) >= 11 is 1.76. The van der Waals surface area contributed by atoms with Gasteiger partial charge in [-0.05, 0) is 26.7 Å². The zero-order valence-electron chi connectivity index (χ0n) is 14.3. The third kappa shape index (κ3) is 6.35. The molecule has 0 aliphatic carbocycles. The number of hydrogen-bond acceptors (Lipinski definition) is 5. The van der Waals surface area contributed by atoms with Crippen molar-refractivity contribution in [3.63, 3.8) is 0 Å². The lowest BCUT2D eigenvalue weighted by Crippen LogP contribution is -2.38. The van der Waals surface area contributed by atoms with Crippen LogP contribution in [0.5, 0.6) is 0 Å². The molecule has 23 heavy (non-hydrogen) atoms. The minimum absolute atomic E-state index is 0.665. The summed E-state index contributed by atoms with van der Waals surface area (Å²) in [4.78, 5) is 11.6. The van der Waals surface area contributed by atoms with Crippen LogP contribution in [0.2, 0.25) is 0 Å². The Morgan fingerprint density at radius 2 is 2.17 bits per heavy atom. The van der Waals surface area contributed by atoms with Crippen LogP contribution < -0.4 is 15.5 Å². The second kappa shape index (κ2) is 10.4. The predicted molar refractivity (Wildman–Crippen MR) is 97.7 cm³/mol. The number of aliphatic imine (C=N–C) groups is 1. The molecule has 0 bridgehead atoms. The minimum atomic E-state index is 0.665. The van der Waals surface area contributed by atoms with E-state index < -0.39 is 0 Å². The van der Waals surface area contributed by atoms with Crippen molar-refractivity contribution in [2.45, 2.75) is 33.1 Å². The molecule has 0 spiro atoms. The number of anilines is 1. The molecule has 1 saturated heterocycles. The topological polar surface area (TPSA) is 61.8 Å². The largest absolute Gasteiger partial charge is 0.380 e. The Labute approximate surface area is 143 Å². The lowest BCUT2D eigenvalue weighted by molar-refractivity contribution is 0.155. The summed E-state index contributed by atoms with van der Waals surface area (Å²) < 4.78 is 5.31. The van der Waals surface area contributed by atoms with E-state index >= 15 is 0 Å². The quantitative estimate of drug-likeness (QED) is 0.409. The van der Waals surface area contributed by atoms with Gasteiger partial charge >= 0.3 is 0 Å². The van der Waals surface area contributed by atoms with Crippen molar-refractivity contribution in [2.24, 2.45) is 4.99 Å². The van der Waals surface area contributed by atoms with Gasteiger partial charge in [-0.3, -0.25) is 4.99 Å². The highest BCUT2D eigenvalue weighted by Crippen LogP contribution is 2.24. The van der Waals surface area contributed by atoms with Crippen molar-refractivity contribution in [3.8, 4) is 0 Å². The van der Waals surface area contributed by atoms with Gasteiger partial charge in [-0.15, -0.1) is 11.3 Å². The van der Waals surface area contributed by atoms with Gasteiger partial charge in [0.2, 0.25) is 0 Å². The highest BCUT2D eigenvalue weighted by atomic mass is 32.1. The highest BCUT2D eigenvalue weighted by Gasteiger charge is 2.15. The summed E-state index contributed by atoms with van der Waals surface area (Å²) in [5.41, 5.74) is 1.16. The Kier molecular flexibility index (Phi) is 8.17. The maximum atomic E-state index is 5.31. The number of guanidine groups is 1.